The van der Waals surface area contributed by atoms with Crippen LogP contribution >= 0.6 is 0 Å². The second-order valence-corrected chi connectivity index (χ2v) is 1.04. The second kappa shape index (κ2) is 2.69. The van der Waals surface area contributed by atoms with E-state index in [9.17, 15) is 0 Å². The van der Waals surface area contributed by atoms with E-state index in [1.54, 1.807) is 0 Å². The van der Waals surface area contributed by atoms with Crippen LogP contribution in [0.25, 0.3) is 0 Å². The van der Waals surface area contributed by atoms with Gasteiger partial charge in [-0.2, -0.15) is 4.99 Å². The van der Waals surface area contributed by atoms with Gasteiger partial charge in [0, 0.05) is 11.7 Å². The molecule has 0 aliphatic carbocycles. The van der Waals surface area contributed by atoms with Crippen LogP contribution in [0.3, 0.4) is 0 Å². The third kappa shape index (κ3) is 1.35. The summed E-state index contributed by atoms with van der Waals surface area (Å²) < 4.78 is 0. The van der Waals surface area contributed by atoms with E-state index < -0.39 is 0 Å². The molecule has 0 spiro atoms. The van der Waals surface area contributed by atoms with Crippen LogP contribution in [0.15, 0.2) is 27.4 Å². The Morgan fingerprint density at radius 2 is 1.88 bits per heavy atom. The first kappa shape index (κ1) is 4.72. The highest BCUT2D eigenvalue weighted by atomic mass is 14.8. The van der Waals surface area contributed by atoms with Crippen LogP contribution in [0.2, 0.25) is 0 Å². The lowest BCUT2D eigenvalue weighted by Crippen LogP contribution is -1.65. The highest BCUT2D eigenvalue weighted by molar-refractivity contribution is 5.72. The van der Waals surface area contributed by atoms with E-state index in [0.717, 1.165) is 0 Å². The first-order valence-electron chi connectivity index (χ1n) is 2.06. The zero-order valence-corrected chi connectivity index (χ0v) is 4.07. The predicted octanol–water partition coefficient (Wildman–Crippen LogP) is 0.395. The molecule has 0 amide bonds. The topological polar surface area (TPSA) is 37.1 Å². The van der Waals surface area contributed by atoms with Crippen molar-refractivity contribution in [2.24, 2.45) is 15.0 Å². The highest BCUT2D eigenvalue weighted by Gasteiger charge is 1.61. The third-order valence-corrected chi connectivity index (χ3v) is 0.528. The van der Waals surface area contributed by atoms with Crippen molar-refractivity contribution >= 4 is 18.1 Å². The van der Waals surface area contributed by atoms with Crippen molar-refractivity contribution < 1.29 is 0 Å². The molecule has 1 heterocycles. The Morgan fingerprint density at radius 1 is 1.00 bits per heavy atom. The summed E-state index contributed by atoms with van der Waals surface area (Å²) in [6, 6.07) is 0. The van der Waals surface area contributed by atoms with Crippen molar-refractivity contribution in [2.75, 3.05) is 0 Å². The summed E-state index contributed by atoms with van der Waals surface area (Å²) in [7, 11) is 0. The van der Waals surface area contributed by atoms with E-state index in [-0.39, 0.29) is 0 Å². The summed E-state index contributed by atoms with van der Waals surface area (Å²) in [4.78, 5) is 10.8. The van der Waals surface area contributed by atoms with Crippen LogP contribution in [0, 0.1) is 0 Å². The average molecular weight is 105 g/mol. The molecule has 0 fully saturated rings. The third-order valence-electron chi connectivity index (χ3n) is 0.528. The number of hydrogen-bond donors (Lipinski definition) is 0. The van der Waals surface area contributed by atoms with Gasteiger partial charge in [0.05, 0.1) is 12.4 Å². The van der Waals surface area contributed by atoms with Gasteiger partial charge in [-0.25, -0.2) is 9.98 Å². The van der Waals surface area contributed by atoms with Crippen LogP contribution in [0.5, 0.6) is 0 Å². The van der Waals surface area contributed by atoms with Crippen molar-refractivity contribution in [3.05, 3.63) is 12.4 Å². The van der Waals surface area contributed by atoms with Crippen LogP contribution in [-0.2, 0) is 0 Å². The second-order valence-electron chi connectivity index (χ2n) is 1.04. The summed E-state index contributed by atoms with van der Waals surface area (Å²) in [5.41, 5.74) is 0. The summed E-state index contributed by atoms with van der Waals surface area (Å²) in [6.07, 6.45) is 4.22. The maximum absolute atomic E-state index is 3.63. The Balaban J connectivity index is 2.98. The average Bonchev–Trinajstić information content (AvgIpc) is 1.62. The lowest BCUT2D eigenvalue weighted by Gasteiger charge is -1.69. The van der Waals surface area contributed by atoms with Crippen molar-refractivity contribution in [1.29, 1.82) is 0 Å². The molecule has 0 saturated carbocycles. The predicted molar refractivity (Wildman–Crippen MR) is 32.5 cm³/mol. The van der Waals surface area contributed by atoms with Crippen LogP contribution < -0.4 is 0 Å². The van der Waals surface area contributed by atoms with Crippen LogP contribution in [0.1, 0.15) is 0 Å². The van der Waals surface area contributed by atoms with Crippen molar-refractivity contribution in [3.63, 3.8) is 0 Å². The van der Waals surface area contributed by atoms with Crippen molar-refractivity contribution in [1.82, 2.24) is 0 Å². The zero-order valence-electron chi connectivity index (χ0n) is 4.07. The summed E-state index contributed by atoms with van der Waals surface area (Å²) in [5, 5.41) is 0. The first-order chi connectivity index (χ1) is 4.00. The number of hydrogen-bond acceptors (Lipinski definition) is 3. The molecule has 1 rings (SSSR count). The van der Waals surface area contributed by atoms with E-state index in [1.807, 2.05) is 0 Å². The maximum atomic E-state index is 3.63. The Kier molecular flexibility index (Phi) is 1.59. The monoisotopic (exact) mass is 105 g/mol. The van der Waals surface area contributed by atoms with Gasteiger partial charge >= 0.3 is 0 Å². The van der Waals surface area contributed by atoms with E-state index >= 15 is 0 Å². The minimum absolute atomic E-state index is 1.37. The van der Waals surface area contributed by atoms with E-state index in [1.165, 1.54) is 18.7 Å². The Labute approximate surface area is 46.5 Å². The lowest BCUT2D eigenvalue weighted by molar-refractivity contribution is 1.55. The molecule has 0 atom stereocenters. The molecule has 3 nitrogen and oxygen atoms in total. The van der Waals surface area contributed by atoms with Gasteiger partial charge in [0.15, 0.2) is 0 Å². The van der Waals surface area contributed by atoms with Gasteiger partial charge in [0.1, 0.15) is 6.34 Å². The molecule has 0 aromatic heterocycles. The summed E-state index contributed by atoms with van der Waals surface area (Å²) in [5.74, 6) is 5.00. The molecule has 0 N–H and O–H groups in total. The molecule has 1 aliphatic rings. The molecular weight excluding hydrogens is 102 g/mol. The maximum Gasteiger partial charge on any atom is 0.126 e. The molecule has 0 saturated heterocycles. The fourth-order valence-electron chi connectivity index (χ4n) is 0.266. The molecule has 0 bridgehead atoms. The van der Waals surface area contributed by atoms with Crippen LogP contribution in [-0.4, -0.2) is 18.1 Å². The molecule has 1 aliphatic heterocycles. The number of rotatable bonds is 0. The van der Waals surface area contributed by atoms with Gasteiger partial charge in [-0.1, -0.05) is 0 Å². The standard InChI is InChI=1S/C5H3N3/c1-3-7-5-8-4-2-6-1/h1,4-5H. The number of aliphatic imine (C=N–C) groups is 3. The molecular formula is C5H3N3. The van der Waals surface area contributed by atoms with E-state index in [4.69, 9.17) is 0 Å². The fourth-order valence-corrected chi connectivity index (χ4v) is 0.266. The molecule has 8 heavy (non-hydrogen) atoms. The van der Waals surface area contributed by atoms with Gasteiger partial charge in [-0.15, -0.1) is 0 Å². The normalized spacial score (nSPS) is 14.0. The molecule has 0 aromatic carbocycles. The smallest absolute Gasteiger partial charge is 0.126 e. The summed E-state index contributed by atoms with van der Waals surface area (Å²) in [6.45, 7) is 0. The van der Waals surface area contributed by atoms with Crippen LogP contribution in [0.4, 0.5) is 0 Å². The largest absolute Gasteiger partial charge is 0.234 e. The Hall–Kier alpha value is -1.43. The molecule has 0 unspecified atom stereocenters. The highest BCUT2D eigenvalue weighted by Crippen LogP contribution is 1.69. The zero-order chi connectivity index (χ0) is 5.66. The van der Waals surface area contributed by atoms with E-state index in [2.05, 4.69) is 26.7 Å². The Bertz CT molecular complexity index is 188. The van der Waals surface area contributed by atoms with Gasteiger partial charge in [-0.05, 0) is 0 Å². The first-order valence-corrected chi connectivity index (χ1v) is 2.06. The molecule has 38 valence electrons. The van der Waals surface area contributed by atoms with Gasteiger partial charge in [0.2, 0.25) is 0 Å². The van der Waals surface area contributed by atoms with Gasteiger partial charge < -0.3 is 0 Å². The van der Waals surface area contributed by atoms with Gasteiger partial charge in [0.25, 0.3) is 0 Å². The minimum atomic E-state index is 1.37. The lowest BCUT2D eigenvalue weighted by atomic mass is 10.9. The SMILES string of the molecule is C1=CN=CN=C=CN=1. The Morgan fingerprint density at radius 3 is 2.88 bits per heavy atom. The fraction of sp³-hybridized carbons (Fsp3) is 0. The molecule has 3 heteroatoms. The van der Waals surface area contributed by atoms with Gasteiger partial charge in [-0.3, -0.25) is 0 Å². The molecule has 0 aromatic rings. The van der Waals surface area contributed by atoms with Crippen molar-refractivity contribution in [3.8, 4) is 0 Å². The van der Waals surface area contributed by atoms with Crippen molar-refractivity contribution in [2.45, 2.75) is 0 Å². The minimum Gasteiger partial charge on any atom is -0.234 e. The molecule has 0 radical (unpaired) electrons. The number of nitrogens with zero attached hydrogens (tertiary/aromatic N) is 3. The quantitative estimate of drug-likeness (QED) is 0.427. The van der Waals surface area contributed by atoms with E-state index in [0.29, 0.717) is 0 Å². The summed E-state index contributed by atoms with van der Waals surface area (Å²) >= 11 is 0.